The summed E-state index contributed by atoms with van der Waals surface area (Å²) in [6.07, 6.45) is 0. The summed E-state index contributed by atoms with van der Waals surface area (Å²) < 4.78 is 2.98. The van der Waals surface area contributed by atoms with E-state index >= 15 is 0 Å². The van der Waals surface area contributed by atoms with Crippen molar-refractivity contribution in [3.8, 4) is 11.3 Å². The van der Waals surface area contributed by atoms with Gasteiger partial charge in [-0.2, -0.15) is 5.10 Å². The predicted molar refractivity (Wildman–Crippen MR) is 61.1 cm³/mol. The SMILES string of the molecule is Cc1cc(-c2ccc(Br)cc2)nn1C. The molecule has 0 saturated heterocycles. The number of hydrogen-bond acceptors (Lipinski definition) is 1. The first-order valence-electron chi connectivity index (χ1n) is 4.43. The molecule has 0 saturated carbocycles. The molecule has 2 aromatic rings. The van der Waals surface area contributed by atoms with Gasteiger partial charge in [0.05, 0.1) is 5.69 Å². The van der Waals surface area contributed by atoms with E-state index in [0.717, 1.165) is 15.7 Å². The maximum Gasteiger partial charge on any atom is 0.0925 e. The van der Waals surface area contributed by atoms with E-state index in [9.17, 15) is 0 Å². The molecule has 1 aromatic heterocycles. The molecule has 72 valence electrons. The fourth-order valence-corrected chi connectivity index (χ4v) is 1.59. The van der Waals surface area contributed by atoms with Gasteiger partial charge in [0, 0.05) is 22.8 Å². The van der Waals surface area contributed by atoms with Gasteiger partial charge in [-0.25, -0.2) is 0 Å². The van der Waals surface area contributed by atoms with Gasteiger partial charge in [-0.1, -0.05) is 28.1 Å². The van der Waals surface area contributed by atoms with Gasteiger partial charge in [0.1, 0.15) is 0 Å². The third-order valence-electron chi connectivity index (χ3n) is 2.25. The van der Waals surface area contributed by atoms with E-state index in [1.54, 1.807) is 0 Å². The van der Waals surface area contributed by atoms with E-state index in [1.165, 1.54) is 5.69 Å². The molecule has 1 aromatic carbocycles. The number of hydrogen-bond donors (Lipinski definition) is 0. The minimum atomic E-state index is 1.03. The van der Waals surface area contributed by atoms with E-state index in [1.807, 2.05) is 23.9 Å². The van der Waals surface area contributed by atoms with Crippen LogP contribution in [0.15, 0.2) is 34.8 Å². The monoisotopic (exact) mass is 250 g/mol. The first kappa shape index (κ1) is 9.46. The van der Waals surface area contributed by atoms with Crippen molar-refractivity contribution in [1.29, 1.82) is 0 Å². The third kappa shape index (κ3) is 1.73. The number of aryl methyl sites for hydroxylation is 2. The molecule has 0 atom stereocenters. The van der Waals surface area contributed by atoms with Crippen LogP contribution in [0.2, 0.25) is 0 Å². The van der Waals surface area contributed by atoms with Gasteiger partial charge >= 0.3 is 0 Å². The zero-order chi connectivity index (χ0) is 10.1. The van der Waals surface area contributed by atoms with Crippen molar-refractivity contribution in [3.63, 3.8) is 0 Å². The van der Waals surface area contributed by atoms with Crippen LogP contribution < -0.4 is 0 Å². The second-order valence-corrected chi connectivity index (χ2v) is 4.22. The van der Waals surface area contributed by atoms with Crippen LogP contribution in [0, 0.1) is 6.92 Å². The maximum absolute atomic E-state index is 4.41. The summed E-state index contributed by atoms with van der Waals surface area (Å²) in [7, 11) is 1.96. The molecule has 0 radical (unpaired) electrons. The lowest BCUT2D eigenvalue weighted by Crippen LogP contribution is -1.92. The molecule has 2 rings (SSSR count). The van der Waals surface area contributed by atoms with Crippen molar-refractivity contribution in [2.75, 3.05) is 0 Å². The second kappa shape index (κ2) is 3.58. The highest BCUT2D eigenvalue weighted by Crippen LogP contribution is 2.20. The number of benzene rings is 1. The second-order valence-electron chi connectivity index (χ2n) is 3.30. The molecular formula is C11H11BrN2. The lowest BCUT2D eigenvalue weighted by molar-refractivity contribution is 0.743. The molecular weight excluding hydrogens is 240 g/mol. The molecule has 1 heterocycles. The van der Waals surface area contributed by atoms with Crippen molar-refractivity contribution in [1.82, 2.24) is 9.78 Å². The highest BCUT2D eigenvalue weighted by atomic mass is 79.9. The first-order valence-corrected chi connectivity index (χ1v) is 5.23. The van der Waals surface area contributed by atoms with Crippen molar-refractivity contribution in [3.05, 3.63) is 40.5 Å². The Morgan fingerprint density at radius 3 is 2.36 bits per heavy atom. The molecule has 0 amide bonds. The quantitative estimate of drug-likeness (QED) is 0.761. The molecule has 0 bridgehead atoms. The number of rotatable bonds is 1. The minimum absolute atomic E-state index is 1.03. The van der Waals surface area contributed by atoms with Crippen LogP contribution in [0.3, 0.4) is 0 Å². The molecule has 0 aliphatic heterocycles. The average molecular weight is 251 g/mol. The Balaban J connectivity index is 2.44. The van der Waals surface area contributed by atoms with Gasteiger partial charge in [0.2, 0.25) is 0 Å². The van der Waals surface area contributed by atoms with Gasteiger partial charge in [-0.3, -0.25) is 4.68 Å². The zero-order valence-corrected chi connectivity index (χ0v) is 9.75. The van der Waals surface area contributed by atoms with Crippen LogP contribution >= 0.6 is 15.9 Å². The number of aromatic nitrogens is 2. The maximum atomic E-state index is 4.41. The minimum Gasteiger partial charge on any atom is -0.272 e. The fourth-order valence-electron chi connectivity index (χ4n) is 1.32. The van der Waals surface area contributed by atoms with Crippen molar-refractivity contribution in [2.45, 2.75) is 6.92 Å². The van der Waals surface area contributed by atoms with Crippen LogP contribution in [0.25, 0.3) is 11.3 Å². The van der Waals surface area contributed by atoms with Crippen LogP contribution in [-0.4, -0.2) is 9.78 Å². The fraction of sp³-hybridized carbons (Fsp3) is 0.182. The molecule has 2 nitrogen and oxygen atoms in total. The summed E-state index contributed by atoms with van der Waals surface area (Å²) in [5.41, 5.74) is 3.34. The lowest BCUT2D eigenvalue weighted by atomic mass is 10.1. The third-order valence-corrected chi connectivity index (χ3v) is 2.78. The number of halogens is 1. The molecule has 0 N–H and O–H groups in total. The lowest BCUT2D eigenvalue weighted by Gasteiger charge is -1.95. The van der Waals surface area contributed by atoms with E-state index in [2.05, 4.69) is 46.2 Å². The van der Waals surface area contributed by atoms with Crippen LogP contribution in [0.4, 0.5) is 0 Å². The van der Waals surface area contributed by atoms with Gasteiger partial charge in [-0.15, -0.1) is 0 Å². The standard InChI is InChI=1S/C11H11BrN2/c1-8-7-11(13-14(8)2)9-3-5-10(12)6-4-9/h3-7H,1-2H3. The Morgan fingerprint density at radius 1 is 1.21 bits per heavy atom. The van der Waals surface area contributed by atoms with E-state index in [4.69, 9.17) is 0 Å². The Morgan fingerprint density at radius 2 is 1.86 bits per heavy atom. The van der Waals surface area contributed by atoms with E-state index in [0.29, 0.717) is 0 Å². The Labute approximate surface area is 91.7 Å². The smallest absolute Gasteiger partial charge is 0.0925 e. The molecule has 14 heavy (non-hydrogen) atoms. The Bertz CT molecular complexity index is 423. The van der Waals surface area contributed by atoms with E-state index < -0.39 is 0 Å². The van der Waals surface area contributed by atoms with Crippen molar-refractivity contribution < 1.29 is 0 Å². The van der Waals surface area contributed by atoms with Crippen molar-refractivity contribution in [2.24, 2.45) is 7.05 Å². The Hall–Kier alpha value is -1.09. The van der Waals surface area contributed by atoms with Gasteiger partial charge in [0.25, 0.3) is 0 Å². The van der Waals surface area contributed by atoms with Crippen molar-refractivity contribution >= 4 is 15.9 Å². The molecule has 0 unspecified atom stereocenters. The predicted octanol–water partition coefficient (Wildman–Crippen LogP) is 3.16. The van der Waals surface area contributed by atoms with Gasteiger partial charge in [0.15, 0.2) is 0 Å². The average Bonchev–Trinajstić information content (AvgIpc) is 2.48. The van der Waals surface area contributed by atoms with Crippen LogP contribution in [0.1, 0.15) is 5.69 Å². The highest BCUT2D eigenvalue weighted by Gasteiger charge is 2.03. The van der Waals surface area contributed by atoms with Gasteiger partial charge < -0.3 is 0 Å². The highest BCUT2D eigenvalue weighted by molar-refractivity contribution is 9.10. The summed E-state index contributed by atoms with van der Waals surface area (Å²) in [6, 6.07) is 10.3. The summed E-state index contributed by atoms with van der Waals surface area (Å²) in [5.74, 6) is 0. The first-order chi connectivity index (χ1) is 6.66. The van der Waals surface area contributed by atoms with E-state index in [-0.39, 0.29) is 0 Å². The largest absolute Gasteiger partial charge is 0.272 e. The Kier molecular flexibility index (Phi) is 2.42. The van der Waals surface area contributed by atoms with Crippen LogP contribution in [0.5, 0.6) is 0 Å². The summed E-state index contributed by atoms with van der Waals surface area (Å²) in [6.45, 7) is 2.05. The zero-order valence-electron chi connectivity index (χ0n) is 8.16. The normalized spacial score (nSPS) is 10.5. The topological polar surface area (TPSA) is 17.8 Å². The molecule has 0 fully saturated rings. The summed E-state index contributed by atoms with van der Waals surface area (Å²) >= 11 is 3.41. The molecule has 0 aliphatic carbocycles. The summed E-state index contributed by atoms with van der Waals surface area (Å²) in [5, 5.41) is 4.41. The molecule has 0 spiro atoms. The number of nitrogens with zero attached hydrogens (tertiary/aromatic N) is 2. The van der Waals surface area contributed by atoms with Gasteiger partial charge in [-0.05, 0) is 25.1 Å². The molecule has 3 heteroatoms. The molecule has 0 aliphatic rings. The summed E-state index contributed by atoms with van der Waals surface area (Å²) in [4.78, 5) is 0. The van der Waals surface area contributed by atoms with Crippen LogP contribution in [-0.2, 0) is 7.05 Å².